The minimum absolute atomic E-state index is 0. The third kappa shape index (κ3) is 3.86. The van der Waals surface area contributed by atoms with E-state index >= 15 is 0 Å². The van der Waals surface area contributed by atoms with Gasteiger partial charge in [0.2, 0.25) is 5.91 Å². The van der Waals surface area contributed by atoms with Crippen LogP contribution in [0.4, 0.5) is 0 Å². The van der Waals surface area contributed by atoms with Gasteiger partial charge in [-0.3, -0.25) is 4.79 Å². The Bertz CT molecular complexity index is 296. The molecule has 0 saturated heterocycles. The van der Waals surface area contributed by atoms with Crippen molar-refractivity contribution in [3.05, 3.63) is 0 Å². The van der Waals surface area contributed by atoms with Crippen molar-refractivity contribution in [1.82, 2.24) is 5.32 Å². The molecule has 106 valence electrons. The molecule has 2 saturated carbocycles. The molecule has 4 heteroatoms. The zero-order valence-electron chi connectivity index (χ0n) is 11.6. The lowest BCUT2D eigenvalue weighted by atomic mass is 9.91. The van der Waals surface area contributed by atoms with Gasteiger partial charge < -0.3 is 11.1 Å². The van der Waals surface area contributed by atoms with Crippen molar-refractivity contribution in [1.29, 1.82) is 0 Å². The topological polar surface area (TPSA) is 55.1 Å². The van der Waals surface area contributed by atoms with Crippen molar-refractivity contribution in [3.8, 4) is 0 Å². The van der Waals surface area contributed by atoms with Gasteiger partial charge in [0.05, 0.1) is 0 Å². The molecule has 2 fully saturated rings. The zero-order valence-corrected chi connectivity index (χ0v) is 12.4. The average molecular weight is 275 g/mol. The number of halogens is 1. The maximum absolute atomic E-state index is 11.9. The van der Waals surface area contributed by atoms with Crippen LogP contribution in [0.25, 0.3) is 0 Å². The van der Waals surface area contributed by atoms with Crippen LogP contribution in [0.2, 0.25) is 0 Å². The highest BCUT2D eigenvalue weighted by Crippen LogP contribution is 2.51. The highest BCUT2D eigenvalue weighted by Gasteiger charge is 2.50. The Balaban J connectivity index is 0.00000162. The number of rotatable bonds is 3. The van der Waals surface area contributed by atoms with Crippen LogP contribution < -0.4 is 11.1 Å². The van der Waals surface area contributed by atoms with Crippen molar-refractivity contribution in [2.75, 3.05) is 6.54 Å². The van der Waals surface area contributed by atoms with Gasteiger partial charge in [-0.1, -0.05) is 39.5 Å². The van der Waals surface area contributed by atoms with Crippen LogP contribution in [-0.4, -0.2) is 18.0 Å². The number of carbonyl (C=O) groups is 1. The average Bonchev–Trinajstić information content (AvgIpc) is 2.95. The normalized spacial score (nSPS) is 28.7. The van der Waals surface area contributed by atoms with Crippen LogP contribution in [-0.2, 0) is 4.79 Å². The molecule has 2 rings (SSSR count). The summed E-state index contributed by atoms with van der Waals surface area (Å²) < 4.78 is 0. The van der Waals surface area contributed by atoms with E-state index < -0.39 is 0 Å². The minimum Gasteiger partial charge on any atom is -0.354 e. The molecular weight excluding hydrogens is 248 g/mol. The fraction of sp³-hybridized carbons (Fsp3) is 0.929. The second-order valence-corrected chi connectivity index (χ2v) is 6.74. The van der Waals surface area contributed by atoms with Crippen molar-refractivity contribution in [2.24, 2.45) is 17.1 Å². The second-order valence-electron chi connectivity index (χ2n) is 6.74. The molecule has 2 aliphatic carbocycles. The standard InChI is InChI=1S/C14H26N2O.ClH/c1-13(2)9-11(13)12(17)16-10-14(15)7-5-3-4-6-8-14;/h11H,3-10,15H2,1-2H3,(H,16,17);1H. The molecule has 3 nitrogen and oxygen atoms in total. The van der Waals surface area contributed by atoms with Gasteiger partial charge in [-0.15, -0.1) is 12.4 Å². The van der Waals surface area contributed by atoms with E-state index in [-0.39, 0.29) is 35.2 Å². The van der Waals surface area contributed by atoms with E-state index in [0.29, 0.717) is 6.54 Å². The number of carbonyl (C=O) groups excluding carboxylic acids is 1. The molecule has 0 aromatic rings. The first-order chi connectivity index (χ1) is 7.93. The molecule has 3 N–H and O–H groups in total. The van der Waals surface area contributed by atoms with E-state index in [1.54, 1.807) is 0 Å². The van der Waals surface area contributed by atoms with Gasteiger partial charge in [0.1, 0.15) is 0 Å². The number of hydrogen-bond acceptors (Lipinski definition) is 2. The molecule has 18 heavy (non-hydrogen) atoms. The Hall–Kier alpha value is -0.280. The summed E-state index contributed by atoms with van der Waals surface area (Å²) in [5.41, 5.74) is 6.45. The summed E-state index contributed by atoms with van der Waals surface area (Å²) in [5, 5.41) is 3.07. The number of amides is 1. The summed E-state index contributed by atoms with van der Waals surface area (Å²) in [6.07, 6.45) is 8.15. The summed E-state index contributed by atoms with van der Waals surface area (Å²) in [6, 6.07) is 0. The lowest BCUT2D eigenvalue weighted by Gasteiger charge is -2.28. The van der Waals surface area contributed by atoms with E-state index in [9.17, 15) is 4.79 Å². The van der Waals surface area contributed by atoms with Gasteiger partial charge in [0, 0.05) is 18.0 Å². The molecule has 0 aliphatic heterocycles. The molecular formula is C14H27ClN2O. The highest BCUT2D eigenvalue weighted by atomic mass is 35.5. The second kappa shape index (κ2) is 5.79. The van der Waals surface area contributed by atoms with Crippen LogP contribution in [0, 0.1) is 11.3 Å². The van der Waals surface area contributed by atoms with E-state index in [4.69, 9.17) is 5.73 Å². The molecule has 0 aromatic heterocycles. The molecule has 0 spiro atoms. The summed E-state index contributed by atoms with van der Waals surface area (Å²) >= 11 is 0. The summed E-state index contributed by atoms with van der Waals surface area (Å²) in [5.74, 6) is 0.431. The van der Waals surface area contributed by atoms with Crippen molar-refractivity contribution in [3.63, 3.8) is 0 Å². The third-order valence-corrected chi connectivity index (χ3v) is 4.54. The van der Waals surface area contributed by atoms with Gasteiger partial charge in [-0.05, 0) is 24.7 Å². The first-order valence-corrected chi connectivity index (χ1v) is 7.00. The van der Waals surface area contributed by atoms with Crippen molar-refractivity contribution in [2.45, 2.75) is 64.3 Å². The molecule has 0 heterocycles. The quantitative estimate of drug-likeness (QED) is 0.778. The maximum Gasteiger partial charge on any atom is 0.223 e. The first-order valence-electron chi connectivity index (χ1n) is 7.00. The fourth-order valence-corrected chi connectivity index (χ4v) is 2.91. The fourth-order valence-electron chi connectivity index (χ4n) is 2.91. The Labute approximate surface area is 117 Å². The van der Waals surface area contributed by atoms with Gasteiger partial charge in [-0.25, -0.2) is 0 Å². The molecule has 1 amide bonds. The van der Waals surface area contributed by atoms with Crippen LogP contribution in [0.15, 0.2) is 0 Å². The van der Waals surface area contributed by atoms with Crippen LogP contribution in [0.5, 0.6) is 0 Å². The molecule has 0 aromatic carbocycles. The van der Waals surface area contributed by atoms with Gasteiger partial charge in [-0.2, -0.15) is 0 Å². The SMILES string of the molecule is CC1(C)CC1C(=O)NCC1(N)CCCCCC1.Cl. The Morgan fingerprint density at radius 3 is 2.17 bits per heavy atom. The number of hydrogen-bond donors (Lipinski definition) is 2. The molecule has 0 bridgehead atoms. The zero-order chi connectivity index (χ0) is 12.5. The van der Waals surface area contributed by atoms with Crippen LogP contribution in [0.3, 0.4) is 0 Å². The van der Waals surface area contributed by atoms with Crippen molar-refractivity contribution >= 4 is 18.3 Å². The van der Waals surface area contributed by atoms with Crippen molar-refractivity contribution < 1.29 is 4.79 Å². The monoisotopic (exact) mass is 274 g/mol. The predicted octanol–water partition coefficient (Wildman–Crippen LogP) is 2.62. The third-order valence-electron chi connectivity index (χ3n) is 4.54. The largest absolute Gasteiger partial charge is 0.354 e. The van der Waals surface area contributed by atoms with Gasteiger partial charge in [0.25, 0.3) is 0 Å². The van der Waals surface area contributed by atoms with Gasteiger partial charge in [0.15, 0.2) is 0 Å². The minimum atomic E-state index is -0.148. The van der Waals surface area contributed by atoms with E-state index in [1.807, 2.05) is 0 Å². The lowest BCUT2D eigenvalue weighted by Crippen LogP contribution is -2.50. The van der Waals surface area contributed by atoms with E-state index in [1.165, 1.54) is 25.7 Å². The van der Waals surface area contributed by atoms with Gasteiger partial charge >= 0.3 is 0 Å². The predicted molar refractivity (Wildman–Crippen MR) is 76.8 cm³/mol. The van der Waals surface area contributed by atoms with Crippen LogP contribution >= 0.6 is 12.4 Å². The Morgan fingerprint density at radius 2 is 1.72 bits per heavy atom. The molecule has 1 atom stereocenters. The lowest BCUT2D eigenvalue weighted by molar-refractivity contribution is -0.123. The Morgan fingerprint density at radius 1 is 1.22 bits per heavy atom. The molecule has 1 unspecified atom stereocenters. The first kappa shape index (κ1) is 15.8. The summed E-state index contributed by atoms with van der Waals surface area (Å²) in [6.45, 7) is 4.97. The van der Waals surface area contributed by atoms with E-state index in [0.717, 1.165) is 19.3 Å². The van der Waals surface area contributed by atoms with E-state index in [2.05, 4.69) is 19.2 Å². The summed E-state index contributed by atoms with van der Waals surface area (Å²) in [4.78, 5) is 11.9. The number of nitrogens with two attached hydrogens (primary N) is 1. The number of nitrogens with one attached hydrogen (secondary N) is 1. The van der Waals surface area contributed by atoms with Crippen LogP contribution in [0.1, 0.15) is 58.8 Å². The molecule has 0 radical (unpaired) electrons. The maximum atomic E-state index is 11.9. The smallest absolute Gasteiger partial charge is 0.223 e. The molecule has 2 aliphatic rings. The summed E-state index contributed by atoms with van der Waals surface area (Å²) in [7, 11) is 0. The Kier molecular flexibility index (Phi) is 5.07. The highest BCUT2D eigenvalue weighted by molar-refractivity contribution is 5.85.